The molecule has 1 aromatic carbocycles. The minimum atomic E-state index is -0.558. The van der Waals surface area contributed by atoms with Gasteiger partial charge in [0, 0.05) is 23.7 Å². The monoisotopic (exact) mass is 433 g/mol. The predicted molar refractivity (Wildman–Crippen MR) is 111 cm³/mol. The first-order chi connectivity index (χ1) is 13.9. The van der Waals surface area contributed by atoms with Crippen LogP contribution in [0.25, 0.3) is 0 Å². The zero-order valence-electron chi connectivity index (χ0n) is 16.0. The van der Waals surface area contributed by atoms with Crippen LogP contribution >= 0.6 is 23.2 Å². The maximum Gasteiger partial charge on any atom is 0.251 e. The Labute approximate surface area is 179 Å². The Morgan fingerprint density at radius 1 is 1.14 bits per heavy atom. The highest BCUT2D eigenvalue weighted by Gasteiger charge is 2.42. The highest BCUT2D eigenvalue weighted by atomic mass is 35.5. The number of aromatic nitrogens is 1. The minimum absolute atomic E-state index is 0.0421. The van der Waals surface area contributed by atoms with Crippen LogP contribution in [0, 0.1) is 12.8 Å². The number of rotatable bonds is 5. The molecule has 0 N–H and O–H groups in total. The van der Waals surface area contributed by atoms with Crippen LogP contribution in [0.3, 0.4) is 0 Å². The molecule has 152 valence electrons. The van der Waals surface area contributed by atoms with Crippen molar-refractivity contribution in [2.45, 2.75) is 25.9 Å². The summed E-state index contributed by atoms with van der Waals surface area (Å²) in [5, 5.41) is 1.13. The van der Waals surface area contributed by atoms with Gasteiger partial charge in [-0.05, 0) is 42.7 Å². The second-order valence-electron chi connectivity index (χ2n) is 7.52. The number of aryl methyl sites for hydroxylation is 1. The Kier molecular flexibility index (Phi) is 5.76. The van der Waals surface area contributed by atoms with E-state index in [0.29, 0.717) is 42.0 Å². The molecule has 1 atom stereocenters. The number of carbonyl (C=O) groups excluding carboxylic acids is 2. The zero-order valence-corrected chi connectivity index (χ0v) is 17.5. The zero-order chi connectivity index (χ0) is 20.5. The van der Waals surface area contributed by atoms with Crippen molar-refractivity contribution in [3.05, 3.63) is 57.7 Å². The van der Waals surface area contributed by atoms with Gasteiger partial charge < -0.3 is 9.64 Å². The van der Waals surface area contributed by atoms with E-state index in [1.54, 1.807) is 23.1 Å². The number of amides is 2. The first kappa shape index (κ1) is 20.1. The molecule has 3 heterocycles. The summed E-state index contributed by atoms with van der Waals surface area (Å²) in [4.78, 5) is 34.0. The lowest BCUT2D eigenvalue weighted by Crippen LogP contribution is -2.61. The number of hydrogen-bond acceptors (Lipinski definition) is 4. The first-order valence-corrected chi connectivity index (χ1v) is 10.2. The normalized spacial score (nSPS) is 20.2. The molecule has 2 amide bonds. The van der Waals surface area contributed by atoms with Gasteiger partial charge in [-0.3, -0.25) is 14.5 Å². The Bertz CT molecular complexity index is 931. The van der Waals surface area contributed by atoms with Crippen molar-refractivity contribution < 1.29 is 14.3 Å². The van der Waals surface area contributed by atoms with E-state index in [2.05, 4.69) is 4.98 Å². The smallest absolute Gasteiger partial charge is 0.251 e. The minimum Gasteiger partial charge on any atom is -0.381 e. The fourth-order valence-corrected chi connectivity index (χ4v) is 4.07. The number of ether oxygens (including phenoxy) is 1. The number of benzene rings is 1. The number of hydrogen-bond donors (Lipinski definition) is 0. The van der Waals surface area contributed by atoms with Crippen molar-refractivity contribution >= 4 is 40.8 Å². The highest BCUT2D eigenvalue weighted by Crippen LogP contribution is 2.29. The summed E-state index contributed by atoms with van der Waals surface area (Å²) in [6.07, 6.45) is 2.07. The topological polar surface area (TPSA) is 62.7 Å². The van der Waals surface area contributed by atoms with Gasteiger partial charge in [-0.25, -0.2) is 4.98 Å². The summed E-state index contributed by atoms with van der Waals surface area (Å²) >= 11 is 12.0. The highest BCUT2D eigenvalue weighted by molar-refractivity contribution is 6.30. The number of piperazine rings is 1. The number of carbonyl (C=O) groups is 2. The van der Waals surface area contributed by atoms with Gasteiger partial charge in [-0.15, -0.1) is 0 Å². The molecular formula is C21H21Cl2N3O3. The first-order valence-electron chi connectivity index (χ1n) is 9.47. The SMILES string of the molecule is Cc1cc(Cl)cnc1N1CC(=O)N(Cc2ccc(Cl)cc2)C(CC2COC2)C1=O. The van der Waals surface area contributed by atoms with Crippen LogP contribution in [0.1, 0.15) is 17.5 Å². The molecule has 1 aromatic heterocycles. The molecule has 2 saturated heterocycles. The van der Waals surface area contributed by atoms with Crippen LogP contribution in [0.4, 0.5) is 5.82 Å². The number of anilines is 1. The number of nitrogens with zero attached hydrogens (tertiary/aromatic N) is 3. The molecule has 0 spiro atoms. The van der Waals surface area contributed by atoms with E-state index in [0.717, 1.165) is 11.1 Å². The Balaban J connectivity index is 1.63. The lowest BCUT2D eigenvalue weighted by molar-refractivity contribution is -0.146. The molecule has 6 nitrogen and oxygen atoms in total. The quantitative estimate of drug-likeness (QED) is 0.723. The van der Waals surface area contributed by atoms with E-state index in [9.17, 15) is 9.59 Å². The average molecular weight is 434 g/mol. The van der Waals surface area contributed by atoms with Crippen molar-refractivity contribution in [1.82, 2.24) is 9.88 Å². The molecule has 8 heteroatoms. The Morgan fingerprint density at radius 3 is 2.48 bits per heavy atom. The van der Waals surface area contributed by atoms with Crippen molar-refractivity contribution in [1.29, 1.82) is 0 Å². The maximum absolute atomic E-state index is 13.4. The van der Waals surface area contributed by atoms with E-state index in [1.165, 1.54) is 11.1 Å². The summed E-state index contributed by atoms with van der Waals surface area (Å²) < 4.78 is 5.28. The van der Waals surface area contributed by atoms with Crippen molar-refractivity contribution in [3.63, 3.8) is 0 Å². The summed E-state index contributed by atoms with van der Waals surface area (Å²) in [7, 11) is 0. The summed E-state index contributed by atoms with van der Waals surface area (Å²) in [6, 6.07) is 8.51. The van der Waals surface area contributed by atoms with E-state index < -0.39 is 6.04 Å². The molecule has 0 saturated carbocycles. The van der Waals surface area contributed by atoms with Gasteiger partial charge in [0.05, 0.1) is 18.2 Å². The maximum atomic E-state index is 13.4. The van der Waals surface area contributed by atoms with Crippen molar-refractivity contribution in [3.8, 4) is 0 Å². The summed E-state index contributed by atoms with van der Waals surface area (Å²) in [5.41, 5.74) is 1.69. The molecule has 2 aromatic rings. The molecule has 2 aliphatic rings. The molecule has 4 rings (SSSR count). The van der Waals surface area contributed by atoms with E-state index in [1.807, 2.05) is 19.1 Å². The van der Waals surface area contributed by atoms with E-state index in [4.69, 9.17) is 27.9 Å². The third kappa shape index (κ3) is 4.25. The predicted octanol–water partition coefficient (Wildman–Crippen LogP) is 3.48. The summed E-state index contributed by atoms with van der Waals surface area (Å²) in [5.74, 6) is 0.516. The molecule has 2 aliphatic heterocycles. The molecular weight excluding hydrogens is 413 g/mol. The van der Waals surface area contributed by atoms with Crippen LogP contribution in [0.5, 0.6) is 0 Å². The van der Waals surface area contributed by atoms with E-state index >= 15 is 0 Å². The number of halogens is 2. The molecule has 2 fully saturated rings. The third-order valence-corrected chi connectivity index (χ3v) is 5.80. The van der Waals surface area contributed by atoms with Gasteiger partial charge >= 0.3 is 0 Å². The average Bonchev–Trinajstić information content (AvgIpc) is 2.65. The fourth-order valence-electron chi connectivity index (χ4n) is 3.74. The van der Waals surface area contributed by atoms with Crippen LogP contribution < -0.4 is 4.90 Å². The third-order valence-electron chi connectivity index (χ3n) is 5.34. The lowest BCUT2D eigenvalue weighted by Gasteiger charge is -2.42. The van der Waals surface area contributed by atoms with Crippen molar-refractivity contribution in [2.24, 2.45) is 5.92 Å². The summed E-state index contributed by atoms with van der Waals surface area (Å²) in [6.45, 7) is 3.39. The van der Waals surface area contributed by atoms with Gasteiger partial charge in [-0.1, -0.05) is 35.3 Å². The largest absolute Gasteiger partial charge is 0.381 e. The van der Waals surface area contributed by atoms with Crippen molar-refractivity contribution in [2.75, 3.05) is 24.7 Å². The molecule has 0 radical (unpaired) electrons. The second-order valence-corrected chi connectivity index (χ2v) is 8.39. The lowest BCUT2D eigenvalue weighted by atomic mass is 9.94. The number of pyridine rings is 1. The van der Waals surface area contributed by atoms with Crippen LogP contribution in [0.15, 0.2) is 36.5 Å². The molecule has 0 bridgehead atoms. The molecule has 0 aliphatic carbocycles. The second kappa shape index (κ2) is 8.30. The van der Waals surface area contributed by atoms with E-state index in [-0.39, 0.29) is 24.3 Å². The van der Waals surface area contributed by atoms with Gasteiger partial charge in [0.1, 0.15) is 18.4 Å². The van der Waals surface area contributed by atoms with Crippen LogP contribution in [-0.4, -0.2) is 47.5 Å². The fraction of sp³-hybridized carbons (Fsp3) is 0.381. The van der Waals surface area contributed by atoms with Gasteiger partial charge in [0.25, 0.3) is 5.91 Å². The standard InChI is InChI=1S/C21H21Cl2N3O3/c1-13-6-17(23)8-24-20(13)26-10-19(27)25(9-14-2-4-16(22)5-3-14)18(21(26)28)7-15-11-29-12-15/h2-6,8,15,18H,7,9-12H2,1H3. The van der Waals surface area contributed by atoms with Gasteiger partial charge in [0.2, 0.25) is 5.91 Å². The van der Waals surface area contributed by atoms with Crippen LogP contribution in [0.2, 0.25) is 10.0 Å². The molecule has 29 heavy (non-hydrogen) atoms. The van der Waals surface area contributed by atoms with Gasteiger partial charge in [0.15, 0.2) is 0 Å². The Morgan fingerprint density at radius 2 is 1.86 bits per heavy atom. The molecule has 1 unspecified atom stereocenters. The van der Waals surface area contributed by atoms with Gasteiger partial charge in [-0.2, -0.15) is 0 Å². The van der Waals surface area contributed by atoms with Crippen LogP contribution in [-0.2, 0) is 20.9 Å². The Hall–Kier alpha value is -2.15.